The van der Waals surface area contributed by atoms with Crippen molar-refractivity contribution < 1.29 is 0 Å². The van der Waals surface area contributed by atoms with Crippen molar-refractivity contribution >= 4 is 11.0 Å². The largest absolute Gasteiger partial charge is 0.197 e. The van der Waals surface area contributed by atoms with Crippen molar-refractivity contribution in [1.82, 2.24) is 15.4 Å². The normalized spacial score (nSPS) is 11.4. The second-order valence-corrected chi connectivity index (χ2v) is 6.42. The summed E-state index contributed by atoms with van der Waals surface area (Å²) in [6, 6.07) is 4.57. The van der Waals surface area contributed by atoms with Crippen LogP contribution in [-0.4, -0.2) is 15.4 Å². The Morgan fingerprint density at radius 3 is 2.27 bits per heavy atom. The van der Waals surface area contributed by atoms with Crippen LogP contribution in [0.5, 0.6) is 0 Å². The molecule has 3 nitrogen and oxygen atoms in total. The summed E-state index contributed by atoms with van der Waals surface area (Å²) in [6.45, 7) is 4.51. The van der Waals surface area contributed by atoms with Gasteiger partial charge in [-0.2, -0.15) is 15.4 Å². The van der Waals surface area contributed by atoms with Gasteiger partial charge in [-0.3, -0.25) is 0 Å². The molecule has 0 bridgehead atoms. The fraction of sp³-hybridized carbons (Fsp3) is 0.684. The Morgan fingerprint density at radius 2 is 1.50 bits per heavy atom. The van der Waals surface area contributed by atoms with Crippen LogP contribution < -0.4 is 0 Å². The Labute approximate surface area is 134 Å². The van der Waals surface area contributed by atoms with Crippen LogP contribution in [0.25, 0.3) is 11.0 Å². The number of aryl methyl sites for hydroxylation is 2. The Hall–Kier alpha value is -1.38. The summed E-state index contributed by atoms with van der Waals surface area (Å²) >= 11 is 0. The molecule has 0 fully saturated rings. The van der Waals surface area contributed by atoms with Gasteiger partial charge in [0.05, 0.1) is 0 Å². The number of aromatic amines is 1. The van der Waals surface area contributed by atoms with Crippen molar-refractivity contribution in [3.8, 4) is 0 Å². The number of unbranched alkanes of at least 4 members (excludes halogenated alkanes) is 7. The summed E-state index contributed by atoms with van der Waals surface area (Å²) in [6.07, 6.45) is 14.3. The predicted octanol–water partition coefficient (Wildman–Crippen LogP) is 5.59. The lowest BCUT2D eigenvalue weighted by atomic mass is 9.99. The molecule has 122 valence electrons. The van der Waals surface area contributed by atoms with Crippen molar-refractivity contribution in [2.45, 2.75) is 84.5 Å². The topological polar surface area (TPSA) is 41.6 Å². The molecule has 1 aromatic carbocycles. The number of hydrogen-bond donors (Lipinski definition) is 1. The molecule has 0 atom stereocenters. The van der Waals surface area contributed by atoms with Crippen LogP contribution in [0, 0.1) is 0 Å². The number of nitrogens with one attached hydrogen (secondary N) is 1. The summed E-state index contributed by atoms with van der Waals surface area (Å²) in [5.74, 6) is 0. The number of H-pyrrole nitrogens is 1. The van der Waals surface area contributed by atoms with E-state index in [1.165, 1.54) is 75.3 Å². The zero-order valence-electron chi connectivity index (χ0n) is 14.3. The molecule has 2 aromatic rings. The van der Waals surface area contributed by atoms with Crippen LogP contribution in [0.15, 0.2) is 12.1 Å². The van der Waals surface area contributed by atoms with E-state index in [-0.39, 0.29) is 0 Å². The smallest absolute Gasteiger partial charge is 0.116 e. The van der Waals surface area contributed by atoms with E-state index < -0.39 is 0 Å². The van der Waals surface area contributed by atoms with Crippen molar-refractivity contribution in [2.75, 3.05) is 0 Å². The molecule has 0 amide bonds. The first-order chi connectivity index (χ1) is 10.8. The van der Waals surface area contributed by atoms with Gasteiger partial charge in [-0.15, -0.1) is 0 Å². The van der Waals surface area contributed by atoms with Gasteiger partial charge in [-0.05, 0) is 42.9 Å². The number of fused-ring (bicyclic) bond motifs is 1. The van der Waals surface area contributed by atoms with Gasteiger partial charge >= 0.3 is 0 Å². The molecule has 0 aliphatic rings. The molecule has 0 aliphatic heterocycles. The zero-order valence-corrected chi connectivity index (χ0v) is 14.3. The molecule has 3 heteroatoms. The van der Waals surface area contributed by atoms with Crippen LogP contribution in [0.4, 0.5) is 0 Å². The molecule has 0 unspecified atom stereocenters. The van der Waals surface area contributed by atoms with Gasteiger partial charge in [-0.1, -0.05) is 64.9 Å². The molecule has 0 spiro atoms. The van der Waals surface area contributed by atoms with Crippen molar-refractivity contribution in [1.29, 1.82) is 0 Å². The zero-order chi connectivity index (χ0) is 15.6. The first-order valence-electron chi connectivity index (χ1n) is 9.17. The van der Waals surface area contributed by atoms with Crippen molar-refractivity contribution in [3.63, 3.8) is 0 Å². The Balaban J connectivity index is 1.85. The van der Waals surface area contributed by atoms with E-state index in [1.54, 1.807) is 0 Å². The van der Waals surface area contributed by atoms with Gasteiger partial charge in [0.15, 0.2) is 0 Å². The van der Waals surface area contributed by atoms with E-state index in [0.717, 1.165) is 17.5 Å². The third kappa shape index (κ3) is 5.11. The highest BCUT2D eigenvalue weighted by molar-refractivity contribution is 5.78. The van der Waals surface area contributed by atoms with E-state index in [4.69, 9.17) is 0 Å². The molecule has 2 rings (SSSR count). The third-order valence-electron chi connectivity index (χ3n) is 4.43. The number of nitrogens with zero attached hydrogens (tertiary/aromatic N) is 2. The highest BCUT2D eigenvalue weighted by Crippen LogP contribution is 2.21. The highest BCUT2D eigenvalue weighted by Gasteiger charge is 2.07. The maximum atomic E-state index is 4.31. The minimum absolute atomic E-state index is 1.03. The summed E-state index contributed by atoms with van der Waals surface area (Å²) in [4.78, 5) is 0. The van der Waals surface area contributed by atoms with Gasteiger partial charge in [0, 0.05) is 0 Å². The van der Waals surface area contributed by atoms with E-state index in [2.05, 4.69) is 41.4 Å². The Morgan fingerprint density at radius 1 is 0.773 bits per heavy atom. The van der Waals surface area contributed by atoms with E-state index in [0.29, 0.717) is 0 Å². The van der Waals surface area contributed by atoms with Crippen molar-refractivity contribution in [3.05, 3.63) is 23.3 Å². The lowest BCUT2D eigenvalue weighted by Gasteiger charge is -2.06. The first-order valence-corrected chi connectivity index (χ1v) is 9.17. The lowest BCUT2D eigenvalue weighted by Crippen LogP contribution is -1.93. The average molecular weight is 301 g/mol. The van der Waals surface area contributed by atoms with Gasteiger partial charge in [0.25, 0.3) is 0 Å². The standard InChI is InChI=1S/C19H31N3/c1-3-5-7-8-9-10-11-12-16-14-17(13-6-4-2)19-18(15-16)20-22-21-19/h14-15H,3-13H2,1-2H3,(H,20,21,22). The minimum Gasteiger partial charge on any atom is -0.197 e. The monoisotopic (exact) mass is 301 g/mol. The first kappa shape index (κ1) is 17.0. The SMILES string of the molecule is CCCCCCCCCc1cc(CCCC)c2n[nH]nc2c1. The Bertz CT molecular complexity index is 545. The second-order valence-electron chi connectivity index (χ2n) is 6.42. The van der Waals surface area contributed by atoms with Crippen LogP contribution in [-0.2, 0) is 12.8 Å². The molecule has 0 aliphatic carbocycles. The lowest BCUT2D eigenvalue weighted by molar-refractivity contribution is 0.589. The molecular weight excluding hydrogens is 270 g/mol. The molecule has 0 saturated heterocycles. The molecule has 0 saturated carbocycles. The number of benzene rings is 1. The summed E-state index contributed by atoms with van der Waals surface area (Å²) < 4.78 is 0. The maximum absolute atomic E-state index is 4.31. The van der Waals surface area contributed by atoms with Crippen LogP contribution in [0.2, 0.25) is 0 Å². The van der Waals surface area contributed by atoms with Gasteiger partial charge in [-0.25, -0.2) is 0 Å². The number of aromatic nitrogens is 3. The van der Waals surface area contributed by atoms with E-state index >= 15 is 0 Å². The minimum atomic E-state index is 1.03. The fourth-order valence-corrected chi connectivity index (χ4v) is 3.07. The third-order valence-corrected chi connectivity index (χ3v) is 4.43. The number of rotatable bonds is 11. The number of hydrogen-bond acceptors (Lipinski definition) is 2. The average Bonchev–Trinajstić information content (AvgIpc) is 3.00. The second kappa shape index (κ2) is 9.60. The predicted molar refractivity (Wildman–Crippen MR) is 94.2 cm³/mol. The quantitative estimate of drug-likeness (QED) is 0.549. The van der Waals surface area contributed by atoms with Gasteiger partial charge in [0.2, 0.25) is 0 Å². The molecule has 1 heterocycles. The summed E-state index contributed by atoms with van der Waals surface area (Å²) in [5, 5.41) is 11.4. The molecule has 1 N–H and O–H groups in total. The summed E-state index contributed by atoms with van der Waals surface area (Å²) in [7, 11) is 0. The fourth-order valence-electron chi connectivity index (χ4n) is 3.07. The van der Waals surface area contributed by atoms with Crippen LogP contribution in [0.3, 0.4) is 0 Å². The summed E-state index contributed by atoms with van der Waals surface area (Å²) in [5.41, 5.74) is 4.90. The van der Waals surface area contributed by atoms with Crippen LogP contribution in [0.1, 0.15) is 82.8 Å². The highest BCUT2D eigenvalue weighted by atomic mass is 15.3. The van der Waals surface area contributed by atoms with Gasteiger partial charge in [0.1, 0.15) is 11.0 Å². The van der Waals surface area contributed by atoms with Gasteiger partial charge < -0.3 is 0 Å². The molecule has 1 aromatic heterocycles. The van der Waals surface area contributed by atoms with E-state index in [9.17, 15) is 0 Å². The van der Waals surface area contributed by atoms with E-state index in [1.807, 2.05) is 0 Å². The molecule has 0 radical (unpaired) electrons. The Kier molecular flexibility index (Phi) is 7.41. The molecule has 22 heavy (non-hydrogen) atoms. The van der Waals surface area contributed by atoms with Crippen molar-refractivity contribution in [2.24, 2.45) is 0 Å². The van der Waals surface area contributed by atoms with Crippen LogP contribution >= 0.6 is 0 Å². The maximum Gasteiger partial charge on any atom is 0.116 e. The molecular formula is C19H31N3.